The lowest BCUT2D eigenvalue weighted by Crippen LogP contribution is -2.26. The van der Waals surface area contributed by atoms with Crippen LogP contribution in [0.15, 0.2) is 42.7 Å². The Morgan fingerprint density at radius 2 is 2.24 bits per heavy atom. The first-order chi connectivity index (χ1) is 12.3. The summed E-state index contributed by atoms with van der Waals surface area (Å²) in [5, 5.41) is 9.98. The second-order valence-electron chi connectivity index (χ2n) is 5.75. The minimum absolute atomic E-state index is 0.134. The van der Waals surface area contributed by atoms with E-state index in [1.807, 2.05) is 24.3 Å². The van der Waals surface area contributed by atoms with Crippen LogP contribution in [0.4, 0.5) is 0 Å². The van der Waals surface area contributed by atoms with Crippen molar-refractivity contribution in [3.05, 3.63) is 59.7 Å². The van der Waals surface area contributed by atoms with Gasteiger partial charge >= 0.3 is 0 Å². The topological polar surface area (TPSA) is 92.8 Å². The lowest BCUT2D eigenvalue weighted by Gasteiger charge is -2.08. The van der Waals surface area contributed by atoms with Gasteiger partial charge < -0.3 is 10.1 Å². The maximum absolute atomic E-state index is 12.4. The number of rotatable bonds is 5. The van der Waals surface area contributed by atoms with E-state index >= 15 is 0 Å². The van der Waals surface area contributed by atoms with E-state index in [0.717, 1.165) is 17.5 Å². The molecular weight excluding hydrogens is 318 g/mol. The molecule has 0 unspecified atom stereocenters. The predicted octanol–water partition coefficient (Wildman–Crippen LogP) is 1.77. The van der Waals surface area contributed by atoms with Gasteiger partial charge in [0.25, 0.3) is 5.91 Å². The van der Waals surface area contributed by atoms with Gasteiger partial charge in [-0.3, -0.25) is 14.9 Å². The number of amides is 1. The monoisotopic (exact) mass is 335 g/mol. The maximum atomic E-state index is 12.4. The van der Waals surface area contributed by atoms with Crippen LogP contribution < -0.4 is 10.1 Å². The van der Waals surface area contributed by atoms with Crippen LogP contribution in [0.3, 0.4) is 0 Å². The molecule has 2 aromatic heterocycles. The lowest BCUT2D eigenvalue weighted by atomic mass is 10.1. The average molecular weight is 335 g/mol. The summed E-state index contributed by atoms with van der Waals surface area (Å²) < 4.78 is 5.57. The van der Waals surface area contributed by atoms with Crippen molar-refractivity contribution in [3.63, 3.8) is 0 Å². The van der Waals surface area contributed by atoms with Gasteiger partial charge in [-0.25, -0.2) is 4.98 Å². The van der Waals surface area contributed by atoms with E-state index in [2.05, 4.69) is 25.5 Å². The van der Waals surface area contributed by atoms with Gasteiger partial charge in [-0.2, -0.15) is 5.10 Å². The second kappa shape index (κ2) is 6.72. The zero-order valence-electron chi connectivity index (χ0n) is 13.5. The van der Waals surface area contributed by atoms with Crippen LogP contribution in [0.2, 0.25) is 0 Å². The Morgan fingerprint density at radius 3 is 3.12 bits per heavy atom. The predicted molar refractivity (Wildman–Crippen MR) is 91.3 cm³/mol. The summed E-state index contributed by atoms with van der Waals surface area (Å²) >= 11 is 0. The SMILES string of the molecule is O=C(NCCc1nc(-c2cccnc2)n[nH]1)c1cccc2c1OCC2. The molecule has 0 saturated heterocycles. The molecule has 25 heavy (non-hydrogen) atoms. The first-order valence-electron chi connectivity index (χ1n) is 8.16. The fourth-order valence-electron chi connectivity index (χ4n) is 2.81. The van der Waals surface area contributed by atoms with Crippen LogP contribution in [-0.4, -0.2) is 39.2 Å². The fraction of sp³-hybridized carbons (Fsp3) is 0.222. The number of fused-ring (bicyclic) bond motifs is 1. The number of H-pyrrole nitrogens is 1. The number of para-hydroxylation sites is 1. The number of pyridine rings is 1. The molecule has 2 N–H and O–H groups in total. The molecule has 0 radical (unpaired) electrons. The van der Waals surface area contributed by atoms with Gasteiger partial charge in [0, 0.05) is 37.3 Å². The third kappa shape index (κ3) is 3.21. The Labute approximate surface area is 144 Å². The summed E-state index contributed by atoms with van der Waals surface area (Å²) in [6.07, 6.45) is 4.84. The van der Waals surface area contributed by atoms with Crippen LogP contribution in [0.1, 0.15) is 21.7 Å². The van der Waals surface area contributed by atoms with Crippen molar-refractivity contribution < 1.29 is 9.53 Å². The minimum atomic E-state index is -0.134. The van der Waals surface area contributed by atoms with Gasteiger partial charge in [-0.15, -0.1) is 0 Å². The molecule has 7 nitrogen and oxygen atoms in total. The third-order valence-corrected chi connectivity index (χ3v) is 4.06. The van der Waals surface area contributed by atoms with Crippen LogP contribution >= 0.6 is 0 Å². The fourth-order valence-corrected chi connectivity index (χ4v) is 2.81. The van der Waals surface area contributed by atoms with E-state index in [1.54, 1.807) is 18.5 Å². The summed E-state index contributed by atoms with van der Waals surface area (Å²) in [5.74, 6) is 1.89. The number of carbonyl (C=O) groups excluding carboxylic acids is 1. The summed E-state index contributed by atoms with van der Waals surface area (Å²) in [6.45, 7) is 1.10. The van der Waals surface area contributed by atoms with Crippen LogP contribution in [0, 0.1) is 0 Å². The Kier molecular flexibility index (Phi) is 4.12. The molecule has 4 rings (SSSR count). The zero-order chi connectivity index (χ0) is 17.1. The van der Waals surface area contributed by atoms with E-state index in [4.69, 9.17) is 4.74 Å². The van der Waals surface area contributed by atoms with Gasteiger partial charge in [-0.1, -0.05) is 12.1 Å². The Hall–Kier alpha value is -3.22. The zero-order valence-corrected chi connectivity index (χ0v) is 13.5. The van der Waals surface area contributed by atoms with Crippen molar-refractivity contribution in [3.8, 4) is 17.1 Å². The Balaban J connectivity index is 1.36. The van der Waals surface area contributed by atoms with E-state index in [0.29, 0.717) is 42.5 Å². The van der Waals surface area contributed by atoms with Crippen molar-refractivity contribution >= 4 is 5.91 Å². The number of nitrogens with zero attached hydrogens (tertiary/aromatic N) is 3. The number of ether oxygens (including phenoxy) is 1. The molecule has 3 aromatic rings. The minimum Gasteiger partial charge on any atom is -0.492 e. The van der Waals surface area contributed by atoms with Crippen molar-refractivity contribution in [1.29, 1.82) is 0 Å². The van der Waals surface area contributed by atoms with Crippen molar-refractivity contribution in [2.75, 3.05) is 13.2 Å². The molecule has 3 heterocycles. The second-order valence-corrected chi connectivity index (χ2v) is 5.75. The summed E-state index contributed by atoms with van der Waals surface area (Å²) in [4.78, 5) is 20.9. The number of benzene rings is 1. The highest BCUT2D eigenvalue weighted by Crippen LogP contribution is 2.29. The molecule has 1 amide bonds. The van der Waals surface area contributed by atoms with E-state index < -0.39 is 0 Å². The van der Waals surface area contributed by atoms with E-state index in [9.17, 15) is 4.79 Å². The van der Waals surface area contributed by atoms with Crippen LogP contribution in [-0.2, 0) is 12.8 Å². The molecule has 126 valence electrons. The van der Waals surface area contributed by atoms with Crippen molar-refractivity contribution in [2.45, 2.75) is 12.8 Å². The highest BCUT2D eigenvalue weighted by molar-refractivity contribution is 5.97. The summed E-state index contributed by atoms with van der Waals surface area (Å²) in [7, 11) is 0. The van der Waals surface area contributed by atoms with Crippen molar-refractivity contribution in [2.24, 2.45) is 0 Å². The number of aromatic nitrogens is 4. The number of carbonyl (C=O) groups is 1. The van der Waals surface area contributed by atoms with E-state index in [1.165, 1.54) is 0 Å². The van der Waals surface area contributed by atoms with Gasteiger partial charge in [-0.05, 0) is 23.8 Å². The number of nitrogens with one attached hydrogen (secondary N) is 2. The normalized spacial score (nSPS) is 12.5. The Bertz CT molecular complexity index is 891. The molecule has 1 aliphatic heterocycles. The van der Waals surface area contributed by atoms with Gasteiger partial charge in [0.15, 0.2) is 5.82 Å². The highest BCUT2D eigenvalue weighted by Gasteiger charge is 2.20. The van der Waals surface area contributed by atoms with Crippen LogP contribution in [0.25, 0.3) is 11.4 Å². The lowest BCUT2D eigenvalue weighted by molar-refractivity contribution is 0.0951. The molecule has 0 fully saturated rings. The molecule has 0 bridgehead atoms. The average Bonchev–Trinajstić information content (AvgIpc) is 3.31. The molecule has 0 aliphatic carbocycles. The molecule has 1 aliphatic rings. The number of hydrogen-bond donors (Lipinski definition) is 2. The highest BCUT2D eigenvalue weighted by atomic mass is 16.5. The molecule has 1 aromatic carbocycles. The van der Waals surface area contributed by atoms with Gasteiger partial charge in [0.05, 0.1) is 12.2 Å². The smallest absolute Gasteiger partial charge is 0.255 e. The molecule has 0 spiro atoms. The largest absolute Gasteiger partial charge is 0.492 e. The van der Waals surface area contributed by atoms with Crippen LogP contribution in [0.5, 0.6) is 5.75 Å². The van der Waals surface area contributed by atoms with E-state index in [-0.39, 0.29) is 5.91 Å². The summed E-state index contributed by atoms with van der Waals surface area (Å²) in [5.41, 5.74) is 2.53. The Morgan fingerprint density at radius 1 is 1.28 bits per heavy atom. The van der Waals surface area contributed by atoms with Gasteiger partial charge in [0.1, 0.15) is 11.6 Å². The quantitative estimate of drug-likeness (QED) is 0.741. The molecular formula is C18H17N5O2. The number of aromatic amines is 1. The first-order valence-corrected chi connectivity index (χ1v) is 8.16. The number of hydrogen-bond acceptors (Lipinski definition) is 5. The molecule has 7 heteroatoms. The molecule has 0 atom stereocenters. The van der Waals surface area contributed by atoms with Gasteiger partial charge in [0.2, 0.25) is 0 Å². The standard InChI is InChI=1S/C18H17N5O2/c24-18(14-5-1-3-12-7-10-25-16(12)14)20-9-6-15-21-17(23-22-15)13-4-2-8-19-11-13/h1-5,8,11H,6-7,9-10H2,(H,20,24)(H,21,22,23). The third-order valence-electron chi connectivity index (χ3n) is 4.06. The maximum Gasteiger partial charge on any atom is 0.255 e. The summed E-state index contributed by atoms with van der Waals surface area (Å²) in [6, 6.07) is 9.41. The first kappa shape index (κ1) is 15.3. The van der Waals surface area contributed by atoms with Crippen molar-refractivity contribution in [1.82, 2.24) is 25.5 Å². The molecule has 0 saturated carbocycles.